The van der Waals surface area contributed by atoms with E-state index in [9.17, 15) is 0 Å². The second kappa shape index (κ2) is 5.19. The first kappa shape index (κ1) is 14.9. The quantitative estimate of drug-likeness (QED) is 0.630. The van der Waals surface area contributed by atoms with Crippen LogP contribution >= 0.6 is 0 Å². The fraction of sp³-hybridized carbons (Fsp3) is 1.00. The number of rotatable bonds is 4. The number of hydrogen-bond acceptors (Lipinski definition) is 1. The smallest absolute Gasteiger partial charge is 0.173 e. The van der Waals surface area contributed by atoms with Gasteiger partial charge in [-0.05, 0) is 38.8 Å². The van der Waals surface area contributed by atoms with Crippen molar-refractivity contribution >= 4 is 16.6 Å². The molecular weight excluding hydrogens is 180 g/mol. The second-order valence-corrected chi connectivity index (χ2v) is 13.8. The highest BCUT2D eigenvalue weighted by molar-refractivity contribution is 6.84. The van der Waals surface area contributed by atoms with Gasteiger partial charge in [0.2, 0.25) is 0 Å². The average molecular weight is 206 g/mol. The highest BCUT2D eigenvalue weighted by atomic mass is 28.4. The van der Waals surface area contributed by atoms with E-state index in [1.165, 1.54) is 12.5 Å². The van der Waals surface area contributed by atoms with Gasteiger partial charge in [0.25, 0.3) is 0 Å². The molecule has 12 heavy (non-hydrogen) atoms. The lowest BCUT2D eigenvalue weighted by molar-refractivity contribution is 0.546. The van der Waals surface area contributed by atoms with Crippen molar-refractivity contribution in [3.8, 4) is 0 Å². The van der Waals surface area contributed by atoms with Gasteiger partial charge >= 0.3 is 0 Å². The van der Waals surface area contributed by atoms with Gasteiger partial charge in [0.15, 0.2) is 16.6 Å². The number of hydrogen-bond donors (Lipinski definition) is 0. The van der Waals surface area contributed by atoms with Crippen molar-refractivity contribution in [2.45, 2.75) is 59.6 Å². The third-order valence-electron chi connectivity index (χ3n) is 1.43. The van der Waals surface area contributed by atoms with E-state index in [1.807, 2.05) is 0 Å². The molecule has 0 radical (unpaired) electrons. The van der Waals surface area contributed by atoms with Gasteiger partial charge in [-0.1, -0.05) is 20.8 Å². The van der Waals surface area contributed by atoms with E-state index in [-0.39, 0.29) is 7.43 Å². The normalized spacial score (nSPS) is 12.5. The monoisotopic (exact) mass is 206 g/mol. The standard InChI is InChI=1S/C8H22OSi2.CH4/c1-7-8-11(5,6)9-10(2,3)4;/h7-8H2,1-6H3;1H4. The molecular formula is C9H26OSi2. The Morgan fingerprint density at radius 2 is 1.42 bits per heavy atom. The topological polar surface area (TPSA) is 9.23 Å². The van der Waals surface area contributed by atoms with Gasteiger partial charge in [0.1, 0.15) is 0 Å². The molecule has 0 rings (SSSR count). The van der Waals surface area contributed by atoms with E-state index in [4.69, 9.17) is 4.12 Å². The van der Waals surface area contributed by atoms with Crippen LogP contribution < -0.4 is 0 Å². The Kier molecular flexibility index (Phi) is 6.45. The summed E-state index contributed by atoms with van der Waals surface area (Å²) in [4.78, 5) is 0. The molecule has 0 saturated carbocycles. The van der Waals surface area contributed by atoms with E-state index in [0.717, 1.165) is 0 Å². The molecule has 0 aliphatic carbocycles. The molecule has 0 heterocycles. The molecule has 0 aliphatic heterocycles. The van der Waals surface area contributed by atoms with Gasteiger partial charge < -0.3 is 4.12 Å². The third-order valence-corrected chi connectivity index (χ3v) is 7.80. The van der Waals surface area contributed by atoms with Crippen LogP contribution in [0.2, 0.25) is 38.8 Å². The minimum atomic E-state index is -1.28. The molecule has 0 saturated heterocycles. The lowest BCUT2D eigenvalue weighted by Gasteiger charge is -2.31. The van der Waals surface area contributed by atoms with Crippen LogP contribution in [0.5, 0.6) is 0 Å². The Labute approximate surface area is 80.8 Å². The first-order valence-corrected chi connectivity index (χ1v) is 11.0. The Bertz CT molecular complexity index is 116. The van der Waals surface area contributed by atoms with Crippen molar-refractivity contribution in [2.24, 2.45) is 0 Å². The molecule has 76 valence electrons. The molecule has 0 bridgehead atoms. The van der Waals surface area contributed by atoms with Gasteiger partial charge in [0, 0.05) is 0 Å². The average Bonchev–Trinajstić information content (AvgIpc) is 1.55. The zero-order valence-corrected chi connectivity index (χ0v) is 10.8. The maximum atomic E-state index is 6.14. The first-order chi connectivity index (χ1) is 4.77. The Morgan fingerprint density at radius 3 is 1.67 bits per heavy atom. The zero-order chi connectivity index (χ0) is 9.12. The van der Waals surface area contributed by atoms with Crippen molar-refractivity contribution in [3.05, 3.63) is 0 Å². The molecule has 0 aromatic carbocycles. The van der Waals surface area contributed by atoms with E-state index in [0.29, 0.717) is 0 Å². The van der Waals surface area contributed by atoms with Gasteiger partial charge in [-0.15, -0.1) is 0 Å². The summed E-state index contributed by atoms with van der Waals surface area (Å²) in [5, 5.41) is 0. The van der Waals surface area contributed by atoms with Crippen LogP contribution in [0.25, 0.3) is 0 Å². The van der Waals surface area contributed by atoms with Gasteiger partial charge in [0.05, 0.1) is 0 Å². The van der Waals surface area contributed by atoms with E-state index in [1.54, 1.807) is 0 Å². The largest absolute Gasteiger partial charge is 0.456 e. The fourth-order valence-corrected chi connectivity index (χ4v) is 9.73. The predicted octanol–water partition coefficient (Wildman–Crippen LogP) is 4.09. The maximum Gasteiger partial charge on any atom is 0.173 e. The summed E-state index contributed by atoms with van der Waals surface area (Å²) in [7, 11) is -2.55. The predicted molar refractivity (Wildman–Crippen MR) is 63.7 cm³/mol. The van der Waals surface area contributed by atoms with Crippen molar-refractivity contribution < 1.29 is 4.12 Å². The summed E-state index contributed by atoms with van der Waals surface area (Å²) in [6.45, 7) is 13.7. The van der Waals surface area contributed by atoms with Gasteiger partial charge in [-0.25, -0.2) is 0 Å². The molecule has 0 amide bonds. The van der Waals surface area contributed by atoms with Crippen LogP contribution in [0.3, 0.4) is 0 Å². The lowest BCUT2D eigenvalue weighted by Crippen LogP contribution is -2.41. The van der Waals surface area contributed by atoms with E-state index >= 15 is 0 Å². The summed E-state index contributed by atoms with van der Waals surface area (Å²) in [5.41, 5.74) is 0. The highest BCUT2D eigenvalue weighted by Crippen LogP contribution is 2.19. The summed E-state index contributed by atoms with van der Waals surface area (Å²) < 4.78 is 6.14. The Hall–Kier alpha value is 0.394. The lowest BCUT2D eigenvalue weighted by atomic mass is 10.6. The SMILES string of the molecule is C.CCC[Si](C)(C)O[Si](C)(C)C. The van der Waals surface area contributed by atoms with E-state index < -0.39 is 16.6 Å². The van der Waals surface area contributed by atoms with Crippen LogP contribution in [-0.4, -0.2) is 16.6 Å². The van der Waals surface area contributed by atoms with Crippen molar-refractivity contribution in [1.82, 2.24) is 0 Å². The molecule has 0 spiro atoms. The molecule has 0 N–H and O–H groups in total. The molecule has 0 atom stereocenters. The first-order valence-electron chi connectivity index (χ1n) is 4.47. The summed E-state index contributed by atoms with van der Waals surface area (Å²) >= 11 is 0. The molecule has 0 aromatic rings. The summed E-state index contributed by atoms with van der Waals surface area (Å²) in [5.74, 6) is 0. The van der Waals surface area contributed by atoms with Crippen LogP contribution in [-0.2, 0) is 4.12 Å². The van der Waals surface area contributed by atoms with Crippen molar-refractivity contribution in [1.29, 1.82) is 0 Å². The molecule has 0 aliphatic rings. The molecule has 0 unspecified atom stereocenters. The fourth-order valence-electron chi connectivity index (χ4n) is 1.48. The summed E-state index contributed by atoms with van der Waals surface area (Å²) in [6.07, 6.45) is 1.27. The van der Waals surface area contributed by atoms with Crippen LogP contribution in [0.1, 0.15) is 20.8 Å². The molecule has 1 nitrogen and oxygen atoms in total. The molecule has 0 aromatic heterocycles. The van der Waals surface area contributed by atoms with Crippen LogP contribution in [0.15, 0.2) is 0 Å². The van der Waals surface area contributed by atoms with Crippen LogP contribution in [0.4, 0.5) is 0 Å². The van der Waals surface area contributed by atoms with Crippen molar-refractivity contribution in [3.63, 3.8) is 0 Å². The summed E-state index contributed by atoms with van der Waals surface area (Å²) in [6, 6.07) is 1.30. The Morgan fingerprint density at radius 1 is 1.00 bits per heavy atom. The minimum Gasteiger partial charge on any atom is -0.456 e. The second-order valence-electron chi connectivity index (χ2n) is 4.72. The maximum absolute atomic E-state index is 6.14. The van der Waals surface area contributed by atoms with Crippen molar-refractivity contribution in [2.75, 3.05) is 0 Å². The van der Waals surface area contributed by atoms with E-state index in [2.05, 4.69) is 39.7 Å². The van der Waals surface area contributed by atoms with Gasteiger partial charge in [-0.3, -0.25) is 0 Å². The molecule has 3 heteroatoms. The highest BCUT2D eigenvalue weighted by Gasteiger charge is 2.28. The zero-order valence-electron chi connectivity index (χ0n) is 8.82. The van der Waals surface area contributed by atoms with Gasteiger partial charge in [-0.2, -0.15) is 0 Å². The molecule has 0 fully saturated rings. The third kappa shape index (κ3) is 8.49. The Balaban J connectivity index is 0. The minimum absolute atomic E-state index is 0. The van der Waals surface area contributed by atoms with Crippen LogP contribution in [0, 0.1) is 0 Å².